The van der Waals surface area contributed by atoms with Crippen LogP contribution in [0.2, 0.25) is 0 Å². The zero-order valence-electron chi connectivity index (χ0n) is 8.60. The Morgan fingerprint density at radius 3 is 3.00 bits per heavy atom. The summed E-state index contributed by atoms with van der Waals surface area (Å²) in [4.78, 5) is 6.02. The van der Waals surface area contributed by atoms with Crippen molar-refractivity contribution in [2.75, 3.05) is 0 Å². The fourth-order valence-corrected chi connectivity index (χ4v) is 2.25. The first-order valence-corrected chi connectivity index (χ1v) is 5.93. The lowest BCUT2D eigenvalue weighted by Crippen LogP contribution is -2.11. The molecule has 2 unspecified atom stereocenters. The summed E-state index contributed by atoms with van der Waals surface area (Å²) in [6.07, 6.45) is 5.54. The molecule has 0 saturated carbocycles. The largest absolute Gasteiger partial charge is 0.281 e. The van der Waals surface area contributed by atoms with Crippen LogP contribution in [0.25, 0.3) is 0 Å². The molecule has 0 aromatic carbocycles. The highest BCUT2D eigenvalue weighted by Crippen LogP contribution is 2.19. The maximum atomic E-state index is 4.74. The number of hydrogen-bond acceptors (Lipinski definition) is 2. The monoisotopic (exact) mass is 205 g/mol. The quantitative estimate of drug-likeness (QED) is 0.665. The third kappa shape index (κ3) is 1.95. The molecule has 1 aliphatic rings. The first-order valence-electron chi connectivity index (χ1n) is 5.05. The van der Waals surface area contributed by atoms with Crippen molar-refractivity contribution in [1.82, 2.24) is 0 Å². The summed E-state index contributed by atoms with van der Waals surface area (Å²) in [7, 11) is 0. The van der Waals surface area contributed by atoms with Crippen LogP contribution in [-0.4, -0.2) is 11.8 Å². The molecule has 0 bridgehead atoms. The fraction of sp³-hybridized carbons (Fsp3) is 0.417. The molecular formula is C12H15NS. The topological polar surface area (TPSA) is 12.4 Å². The minimum atomic E-state index is 0.432. The van der Waals surface area contributed by atoms with E-state index in [1.807, 2.05) is 0 Å². The molecule has 1 aromatic rings. The van der Waals surface area contributed by atoms with Crippen molar-refractivity contribution < 1.29 is 0 Å². The molecule has 0 spiro atoms. The molecule has 2 heterocycles. The van der Waals surface area contributed by atoms with Gasteiger partial charge in [-0.05, 0) is 36.8 Å². The zero-order chi connectivity index (χ0) is 9.97. The molecule has 1 nitrogen and oxygen atoms in total. The van der Waals surface area contributed by atoms with Crippen molar-refractivity contribution in [3.05, 3.63) is 34.5 Å². The highest BCUT2D eigenvalue weighted by atomic mass is 32.1. The van der Waals surface area contributed by atoms with E-state index in [1.54, 1.807) is 11.3 Å². The van der Waals surface area contributed by atoms with Gasteiger partial charge in [-0.1, -0.05) is 19.1 Å². The summed E-state index contributed by atoms with van der Waals surface area (Å²) >= 11 is 1.76. The molecule has 1 aromatic heterocycles. The van der Waals surface area contributed by atoms with Gasteiger partial charge in [-0.15, -0.1) is 11.3 Å². The maximum absolute atomic E-state index is 4.74. The van der Waals surface area contributed by atoms with Crippen molar-refractivity contribution in [2.24, 2.45) is 10.9 Å². The average molecular weight is 205 g/mol. The Morgan fingerprint density at radius 2 is 2.29 bits per heavy atom. The molecule has 2 heteroatoms. The molecule has 74 valence electrons. The van der Waals surface area contributed by atoms with Crippen molar-refractivity contribution in [1.29, 1.82) is 0 Å². The van der Waals surface area contributed by atoms with Gasteiger partial charge in [0.15, 0.2) is 0 Å². The van der Waals surface area contributed by atoms with E-state index < -0.39 is 0 Å². The molecule has 0 radical (unpaired) electrons. The molecule has 0 aliphatic carbocycles. The van der Waals surface area contributed by atoms with Gasteiger partial charge in [0, 0.05) is 0 Å². The average Bonchev–Trinajstić information content (AvgIpc) is 2.63. The van der Waals surface area contributed by atoms with E-state index in [0.29, 0.717) is 12.0 Å². The van der Waals surface area contributed by atoms with E-state index in [0.717, 1.165) is 12.1 Å². The highest BCUT2D eigenvalue weighted by molar-refractivity contribution is 7.12. The Balaban J connectivity index is 2.30. The number of hydrogen-bond donors (Lipinski definition) is 0. The molecular weight excluding hydrogens is 190 g/mol. The first kappa shape index (κ1) is 9.66. The summed E-state index contributed by atoms with van der Waals surface area (Å²) in [5, 5.41) is 2.10. The summed E-state index contributed by atoms with van der Waals surface area (Å²) < 4.78 is 0. The molecule has 0 N–H and O–H groups in total. The second kappa shape index (κ2) is 4.09. The Kier molecular flexibility index (Phi) is 2.82. The Morgan fingerprint density at radius 1 is 1.43 bits per heavy atom. The summed E-state index contributed by atoms with van der Waals surface area (Å²) in [6, 6.07) is 4.65. The van der Waals surface area contributed by atoms with E-state index in [1.165, 1.54) is 4.88 Å². The van der Waals surface area contributed by atoms with Crippen LogP contribution in [0.15, 0.2) is 34.7 Å². The van der Waals surface area contributed by atoms with Crippen LogP contribution in [0.3, 0.4) is 0 Å². The Labute approximate surface area is 89.2 Å². The smallest absolute Gasteiger partial charge is 0.0746 e. The van der Waals surface area contributed by atoms with Gasteiger partial charge in [-0.25, -0.2) is 0 Å². The number of nitrogens with zero attached hydrogens (tertiary/aromatic N) is 1. The molecule has 14 heavy (non-hydrogen) atoms. The molecule has 1 aliphatic heterocycles. The lowest BCUT2D eigenvalue weighted by Gasteiger charge is -2.12. The van der Waals surface area contributed by atoms with Crippen molar-refractivity contribution in [3.63, 3.8) is 0 Å². The van der Waals surface area contributed by atoms with Gasteiger partial charge in [0.05, 0.1) is 16.6 Å². The molecule has 2 atom stereocenters. The van der Waals surface area contributed by atoms with E-state index >= 15 is 0 Å². The van der Waals surface area contributed by atoms with Gasteiger partial charge in [-0.3, -0.25) is 4.99 Å². The van der Waals surface area contributed by atoms with Crippen LogP contribution in [0.1, 0.15) is 25.1 Å². The minimum absolute atomic E-state index is 0.432. The van der Waals surface area contributed by atoms with E-state index in [4.69, 9.17) is 4.99 Å². The van der Waals surface area contributed by atoms with Crippen molar-refractivity contribution in [3.8, 4) is 0 Å². The number of aliphatic imine (C=N–C) groups is 1. The third-order valence-corrected chi connectivity index (χ3v) is 3.62. The Hall–Kier alpha value is -0.890. The van der Waals surface area contributed by atoms with E-state index in [2.05, 4.69) is 43.5 Å². The summed E-state index contributed by atoms with van der Waals surface area (Å²) in [5.74, 6) is 0.656. The number of thiophene rings is 1. The highest BCUT2D eigenvalue weighted by Gasteiger charge is 2.14. The van der Waals surface area contributed by atoms with Gasteiger partial charge in [0.2, 0.25) is 0 Å². The second-order valence-corrected chi connectivity index (χ2v) is 4.80. The zero-order valence-corrected chi connectivity index (χ0v) is 9.42. The predicted octanol–water partition coefficient (Wildman–Crippen LogP) is 3.52. The second-order valence-electron chi connectivity index (χ2n) is 3.85. The molecule has 0 saturated heterocycles. The maximum Gasteiger partial charge on any atom is 0.0746 e. The predicted molar refractivity (Wildman–Crippen MR) is 63.2 cm³/mol. The van der Waals surface area contributed by atoms with Gasteiger partial charge < -0.3 is 0 Å². The van der Waals surface area contributed by atoms with Crippen molar-refractivity contribution >= 4 is 17.0 Å². The standard InChI is InChI=1S/C12H15NS/c1-9-5-3-6-11(13-10(9)2)12-7-4-8-14-12/h3-4,6-10H,5H2,1-2H3. The van der Waals surface area contributed by atoms with Gasteiger partial charge in [-0.2, -0.15) is 0 Å². The third-order valence-electron chi connectivity index (χ3n) is 2.72. The number of allylic oxidation sites excluding steroid dienone is 2. The SMILES string of the molecule is CC1CC=CC(c2cccs2)=NC1C. The van der Waals surface area contributed by atoms with Crippen LogP contribution in [0.5, 0.6) is 0 Å². The summed E-state index contributed by atoms with van der Waals surface area (Å²) in [6.45, 7) is 4.46. The normalized spacial score (nSPS) is 27.1. The molecule has 0 amide bonds. The van der Waals surface area contributed by atoms with Crippen LogP contribution in [0, 0.1) is 5.92 Å². The number of rotatable bonds is 1. The molecule has 2 rings (SSSR count). The van der Waals surface area contributed by atoms with Crippen molar-refractivity contribution in [2.45, 2.75) is 26.3 Å². The lowest BCUT2D eigenvalue weighted by molar-refractivity contribution is 0.496. The Bertz CT molecular complexity index is 348. The fourth-order valence-electron chi connectivity index (χ4n) is 1.55. The van der Waals surface area contributed by atoms with Gasteiger partial charge in [0.1, 0.15) is 0 Å². The van der Waals surface area contributed by atoms with Crippen LogP contribution in [0.4, 0.5) is 0 Å². The van der Waals surface area contributed by atoms with E-state index in [9.17, 15) is 0 Å². The van der Waals surface area contributed by atoms with Crippen LogP contribution in [-0.2, 0) is 0 Å². The van der Waals surface area contributed by atoms with Gasteiger partial charge >= 0.3 is 0 Å². The molecule has 0 fully saturated rings. The lowest BCUT2D eigenvalue weighted by atomic mass is 10.0. The van der Waals surface area contributed by atoms with E-state index in [-0.39, 0.29) is 0 Å². The first-order chi connectivity index (χ1) is 6.77. The van der Waals surface area contributed by atoms with Crippen LogP contribution >= 0.6 is 11.3 Å². The minimum Gasteiger partial charge on any atom is -0.281 e. The van der Waals surface area contributed by atoms with Crippen LogP contribution < -0.4 is 0 Å². The summed E-state index contributed by atoms with van der Waals surface area (Å²) in [5.41, 5.74) is 1.15. The van der Waals surface area contributed by atoms with Gasteiger partial charge in [0.25, 0.3) is 0 Å².